The van der Waals surface area contributed by atoms with Gasteiger partial charge in [-0.2, -0.15) is 0 Å². The summed E-state index contributed by atoms with van der Waals surface area (Å²) in [5.74, 6) is -0.121. The van der Waals surface area contributed by atoms with Gasteiger partial charge in [-0.15, -0.1) is 0 Å². The fourth-order valence-corrected chi connectivity index (χ4v) is 1.94. The first kappa shape index (κ1) is 9.52. The molecule has 1 aliphatic rings. The third-order valence-electron chi connectivity index (χ3n) is 2.82. The summed E-state index contributed by atoms with van der Waals surface area (Å²) in [7, 11) is 1.44. The van der Waals surface area contributed by atoms with Crippen LogP contribution in [0.5, 0.6) is 0 Å². The van der Waals surface area contributed by atoms with Gasteiger partial charge in [0.05, 0.1) is 12.5 Å². The van der Waals surface area contributed by atoms with Crippen LogP contribution in [-0.2, 0) is 9.53 Å². The molecular formula is C9H17NO2. The van der Waals surface area contributed by atoms with Crippen LogP contribution in [0.25, 0.3) is 0 Å². The van der Waals surface area contributed by atoms with Crippen molar-refractivity contribution in [2.75, 3.05) is 13.7 Å². The van der Waals surface area contributed by atoms with Crippen LogP contribution >= 0.6 is 0 Å². The average Bonchev–Trinajstić information content (AvgIpc) is 2.17. The van der Waals surface area contributed by atoms with Crippen LogP contribution in [0.2, 0.25) is 0 Å². The topological polar surface area (TPSA) is 52.3 Å². The molecule has 0 saturated heterocycles. The van der Waals surface area contributed by atoms with Crippen LogP contribution in [0, 0.1) is 5.41 Å². The zero-order chi connectivity index (χ0) is 9.03. The highest BCUT2D eigenvalue weighted by molar-refractivity contribution is 5.77. The molecule has 12 heavy (non-hydrogen) atoms. The van der Waals surface area contributed by atoms with Gasteiger partial charge in [-0.1, -0.05) is 19.3 Å². The Bertz CT molecular complexity index is 162. The summed E-state index contributed by atoms with van der Waals surface area (Å²) >= 11 is 0. The molecule has 3 nitrogen and oxygen atoms in total. The lowest BCUT2D eigenvalue weighted by Crippen LogP contribution is -2.41. The van der Waals surface area contributed by atoms with Gasteiger partial charge >= 0.3 is 5.97 Å². The van der Waals surface area contributed by atoms with Crippen LogP contribution in [0.4, 0.5) is 0 Å². The molecule has 2 N–H and O–H groups in total. The molecule has 0 aromatic carbocycles. The van der Waals surface area contributed by atoms with E-state index in [1.54, 1.807) is 0 Å². The second kappa shape index (κ2) is 3.90. The molecule has 70 valence electrons. The summed E-state index contributed by atoms with van der Waals surface area (Å²) in [6.07, 6.45) is 5.23. The third-order valence-corrected chi connectivity index (χ3v) is 2.82. The zero-order valence-corrected chi connectivity index (χ0v) is 7.64. The van der Waals surface area contributed by atoms with Gasteiger partial charge < -0.3 is 10.5 Å². The Kier molecular flexibility index (Phi) is 3.09. The first-order valence-corrected chi connectivity index (χ1v) is 4.54. The first-order valence-electron chi connectivity index (χ1n) is 4.54. The predicted octanol–water partition coefficient (Wildman–Crippen LogP) is 1.07. The number of rotatable bonds is 2. The van der Waals surface area contributed by atoms with Crippen LogP contribution in [0.1, 0.15) is 32.1 Å². The maximum atomic E-state index is 11.4. The molecule has 0 spiro atoms. The zero-order valence-electron chi connectivity index (χ0n) is 7.64. The number of esters is 1. The fraction of sp³-hybridized carbons (Fsp3) is 0.889. The highest BCUT2D eigenvalue weighted by atomic mass is 16.5. The second-order valence-electron chi connectivity index (χ2n) is 3.54. The molecule has 0 aromatic heterocycles. The van der Waals surface area contributed by atoms with E-state index in [-0.39, 0.29) is 11.4 Å². The molecule has 1 saturated carbocycles. The highest BCUT2D eigenvalue weighted by Gasteiger charge is 2.38. The average molecular weight is 171 g/mol. The maximum Gasteiger partial charge on any atom is 0.313 e. The normalized spacial score (nSPS) is 21.8. The lowest BCUT2D eigenvalue weighted by Gasteiger charge is -2.32. The number of carbonyl (C=O) groups is 1. The van der Waals surface area contributed by atoms with E-state index in [1.807, 2.05) is 0 Å². The van der Waals surface area contributed by atoms with Gasteiger partial charge in [-0.3, -0.25) is 4.79 Å². The Hall–Kier alpha value is -0.570. The summed E-state index contributed by atoms with van der Waals surface area (Å²) in [6, 6.07) is 0. The summed E-state index contributed by atoms with van der Waals surface area (Å²) in [6.45, 7) is 0.430. The molecule has 0 bridgehead atoms. The summed E-state index contributed by atoms with van der Waals surface area (Å²) in [5, 5.41) is 0. The molecular weight excluding hydrogens is 154 g/mol. The largest absolute Gasteiger partial charge is 0.469 e. The number of ether oxygens (including phenoxy) is 1. The number of carbonyl (C=O) groups excluding carboxylic acids is 1. The van der Waals surface area contributed by atoms with Crippen LogP contribution in [0.3, 0.4) is 0 Å². The number of methoxy groups -OCH3 is 1. The Labute approximate surface area is 73.3 Å². The van der Waals surface area contributed by atoms with Crippen molar-refractivity contribution in [3.8, 4) is 0 Å². The molecule has 0 radical (unpaired) electrons. The summed E-state index contributed by atoms with van der Waals surface area (Å²) in [4.78, 5) is 11.4. The standard InChI is InChI=1S/C9H17NO2/c1-12-8(11)9(7-10)5-3-2-4-6-9/h2-7,10H2,1H3. The van der Waals surface area contributed by atoms with Crippen LogP contribution < -0.4 is 5.73 Å². The Balaban J connectivity index is 2.66. The van der Waals surface area contributed by atoms with Crippen molar-refractivity contribution < 1.29 is 9.53 Å². The monoisotopic (exact) mass is 171 g/mol. The number of hydrogen-bond donors (Lipinski definition) is 1. The van der Waals surface area contributed by atoms with Gasteiger partial charge in [-0.05, 0) is 12.8 Å². The Morgan fingerprint density at radius 2 is 2.00 bits per heavy atom. The molecule has 0 aliphatic heterocycles. The number of hydrogen-bond acceptors (Lipinski definition) is 3. The second-order valence-corrected chi connectivity index (χ2v) is 3.54. The van der Waals surface area contributed by atoms with Crippen molar-refractivity contribution in [3.05, 3.63) is 0 Å². The van der Waals surface area contributed by atoms with Gasteiger partial charge in [0.15, 0.2) is 0 Å². The van der Waals surface area contributed by atoms with E-state index >= 15 is 0 Å². The van der Waals surface area contributed by atoms with Crippen molar-refractivity contribution in [1.29, 1.82) is 0 Å². The molecule has 0 heterocycles. The first-order chi connectivity index (χ1) is 5.75. The molecule has 0 aromatic rings. The van der Waals surface area contributed by atoms with E-state index in [0.717, 1.165) is 25.7 Å². The minimum absolute atomic E-state index is 0.121. The lowest BCUT2D eigenvalue weighted by atomic mass is 9.74. The molecule has 1 fully saturated rings. The van der Waals surface area contributed by atoms with Crippen molar-refractivity contribution in [1.82, 2.24) is 0 Å². The van der Waals surface area contributed by atoms with Gasteiger partial charge in [0.1, 0.15) is 0 Å². The fourth-order valence-electron chi connectivity index (χ4n) is 1.94. The Morgan fingerprint density at radius 1 is 1.42 bits per heavy atom. The van der Waals surface area contributed by atoms with Crippen molar-refractivity contribution >= 4 is 5.97 Å². The van der Waals surface area contributed by atoms with Gasteiger partial charge in [0.2, 0.25) is 0 Å². The van der Waals surface area contributed by atoms with E-state index in [2.05, 4.69) is 0 Å². The lowest BCUT2D eigenvalue weighted by molar-refractivity contribution is -0.154. The summed E-state index contributed by atoms with van der Waals surface area (Å²) < 4.78 is 4.77. The van der Waals surface area contributed by atoms with E-state index in [0.29, 0.717) is 6.54 Å². The van der Waals surface area contributed by atoms with Gasteiger partial charge in [-0.25, -0.2) is 0 Å². The van der Waals surface area contributed by atoms with Crippen molar-refractivity contribution in [2.45, 2.75) is 32.1 Å². The van der Waals surface area contributed by atoms with E-state index in [1.165, 1.54) is 13.5 Å². The molecule has 0 amide bonds. The van der Waals surface area contributed by atoms with E-state index in [9.17, 15) is 4.79 Å². The minimum Gasteiger partial charge on any atom is -0.469 e. The molecule has 3 heteroatoms. The minimum atomic E-state index is -0.354. The predicted molar refractivity (Wildman–Crippen MR) is 46.6 cm³/mol. The molecule has 1 aliphatic carbocycles. The van der Waals surface area contributed by atoms with Gasteiger partial charge in [0, 0.05) is 6.54 Å². The molecule has 0 atom stereocenters. The highest BCUT2D eigenvalue weighted by Crippen LogP contribution is 2.36. The maximum absolute atomic E-state index is 11.4. The summed E-state index contributed by atoms with van der Waals surface area (Å²) in [5.41, 5.74) is 5.26. The quantitative estimate of drug-likeness (QED) is 0.632. The van der Waals surface area contributed by atoms with Crippen LogP contribution in [-0.4, -0.2) is 19.6 Å². The van der Waals surface area contributed by atoms with Crippen molar-refractivity contribution in [2.24, 2.45) is 11.1 Å². The SMILES string of the molecule is COC(=O)C1(CN)CCCCC1. The van der Waals surface area contributed by atoms with Crippen molar-refractivity contribution in [3.63, 3.8) is 0 Å². The van der Waals surface area contributed by atoms with Gasteiger partial charge in [0.25, 0.3) is 0 Å². The van der Waals surface area contributed by atoms with E-state index in [4.69, 9.17) is 10.5 Å². The smallest absolute Gasteiger partial charge is 0.313 e. The molecule has 0 unspecified atom stereocenters. The molecule has 1 rings (SSSR count). The van der Waals surface area contributed by atoms with Crippen LogP contribution in [0.15, 0.2) is 0 Å². The number of nitrogens with two attached hydrogens (primary N) is 1. The third kappa shape index (κ3) is 1.61. The Morgan fingerprint density at radius 3 is 2.42 bits per heavy atom. The van der Waals surface area contributed by atoms with E-state index < -0.39 is 0 Å².